The predicted molar refractivity (Wildman–Crippen MR) is 150 cm³/mol. The van der Waals surface area contributed by atoms with E-state index in [0.717, 1.165) is 16.0 Å². The van der Waals surface area contributed by atoms with Crippen LogP contribution in [0.15, 0.2) is 65.1 Å². The maximum atomic E-state index is 12.9. The van der Waals surface area contributed by atoms with E-state index in [1.807, 2.05) is 0 Å². The first-order chi connectivity index (χ1) is 19.6. The monoisotopic (exact) mass is 602 g/mol. The number of amides is 4. The van der Waals surface area contributed by atoms with Crippen LogP contribution in [0.5, 0.6) is 5.75 Å². The Balaban J connectivity index is 1.33. The maximum absolute atomic E-state index is 12.9. The number of methoxy groups -OCH3 is 1. The zero-order chi connectivity index (χ0) is 29.7. The average molecular weight is 603 g/mol. The van der Waals surface area contributed by atoms with Crippen LogP contribution in [0, 0.1) is 0 Å². The van der Waals surface area contributed by atoms with Crippen molar-refractivity contribution >= 4 is 46.8 Å². The van der Waals surface area contributed by atoms with Crippen LogP contribution in [0.1, 0.15) is 11.1 Å². The topological polar surface area (TPSA) is 138 Å². The van der Waals surface area contributed by atoms with Crippen LogP contribution in [-0.4, -0.2) is 79.1 Å². The Bertz CT molecular complexity index is 1440. The van der Waals surface area contributed by atoms with Crippen molar-refractivity contribution in [2.45, 2.75) is 13.0 Å². The first-order valence-corrected chi connectivity index (χ1v) is 13.3. The summed E-state index contributed by atoms with van der Waals surface area (Å²) in [6.07, 6.45) is 0.449. The number of carbonyl (C=O) groups is 4. The number of aliphatic hydroxyl groups is 1. The van der Waals surface area contributed by atoms with Gasteiger partial charge in [0.05, 0.1) is 41.4 Å². The standard InChI is InChI=1S/C28H28Cl2N4O7/c1-33-13-20(26(37)32-12-17-3-6-18(40-2)7-4-17)24(28(33)39)41-15-34-14-19(23(35)27(34)38)25(36)31-10-9-16-5-8-21(29)22(30)11-16/h3-8,11,35H,9-10,12-15H2,1-2H3,(H,31,36)(H,32,37). The lowest BCUT2D eigenvalue weighted by atomic mass is 10.1. The summed E-state index contributed by atoms with van der Waals surface area (Å²) in [6, 6.07) is 12.3. The SMILES string of the molecule is COc1ccc(CNC(=O)C2=C(OCN3CC(C(=O)NCCc4ccc(Cl)c(Cl)c4)=C(O)C3=O)C(=O)N(C)C2)cc1. The van der Waals surface area contributed by atoms with Crippen LogP contribution in [0.3, 0.4) is 0 Å². The maximum Gasteiger partial charge on any atom is 0.292 e. The van der Waals surface area contributed by atoms with Gasteiger partial charge >= 0.3 is 0 Å². The van der Waals surface area contributed by atoms with Crippen LogP contribution >= 0.6 is 23.2 Å². The van der Waals surface area contributed by atoms with E-state index in [1.165, 1.54) is 11.9 Å². The average Bonchev–Trinajstić information content (AvgIpc) is 3.42. The van der Waals surface area contributed by atoms with Gasteiger partial charge in [0.1, 0.15) is 5.75 Å². The molecule has 0 aromatic heterocycles. The number of likely N-dealkylation sites (N-methyl/N-ethyl adjacent to an activating group) is 1. The Hall–Kier alpha value is -4.22. The normalized spacial score (nSPS) is 15.1. The molecule has 216 valence electrons. The van der Waals surface area contributed by atoms with Crippen LogP contribution in [0.25, 0.3) is 0 Å². The van der Waals surface area contributed by atoms with Crippen LogP contribution in [-0.2, 0) is 36.9 Å². The van der Waals surface area contributed by atoms with Gasteiger partial charge in [-0.25, -0.2) is 0 Å². The largest absolute Gasteiger partial charge is 0.503 e. The lowest BCUT2D eigenvalue weighted by molar-refractivity contribution is -0.135. The van der Waals surface area contributed by atoms with Gasteiger partial charge in [0.25, 0.3) is 23.6 Å². The van der Waals surface area contributed by atoms with Gasteiger partial charge in [0.2, 0.25) is 0 Å². The number of nitrogens with zero attached hydrogens (tertiary/aromatic N) is 2. The molecule has 2 aliphatic heterocycles. The number of ether oxygens (including phenoxy) is 2. The van der Waals surface area contributed by atoms with E-state index < -0.39 is 36.1 Å². The fourth-order valence-electron chi connectivity index (χ4n) is 4.20. The van der Waals surface area contributed by atoms with Crippen LogP contribution in [0.4, 0.5) is 0 Å². The summed E-state index contributed by atoms with van der Waals surface area (Å²) in [4.78, 5) is 53.2. The molecule has 13 heteroatoms. The number of nitrogens with one attached hydrogen (secondary N) is 2. The molecule has 0 spiro atoms. The number of benzene rings is 2. The molecule has 2 heterocycles. The molecule has 41 heavy (non-hydrogen) atoms. The third-order valence-corrected chi connectivity index (χ3v) is 7.28. The van der Waals surface area contributed by atoms with Crippen molar-refractivity contribution in [2.75, 3.05) is 40.5 Å². The summed E-state index contributed by atoms with van der Waals surface area (Å²) in [5.74, 6) is -2.69. The molecular weight excluding hydrogens is 575 g/mol. The summed E-state index contributed by atoms with van der Waals surface area (Å²) in [5, 5.41) is 16.5. The summed E-state index contributed by atoms with van der Waals surface area (Å²) in [5.41, 5.74) is 1.65. The Morgan fingerprint density at radius 3 is 2.29 bits per heavy atom. The molecule has 0 bridgehead atoms. The van der Waals surface area contributed by atoms with Crippen molar-refractivity contribution in [3.63, 3.8) is 0 Å². The minimum atomic E-state index is -0.829. The van der Waals surface area contributed by atoms with Gasteiger partial charge in [0, 0.05) is 20.1 Å². The lowest BCUT2D eigenvalue weighted by Gasteiger charge is -2.18. The molecule has 4 rings (SSSR count). The molecule has 0 saturated heterocycles. The molecule has 0 atom stereocenters. The smallest absolute Gasteiger partial charge is 0.292 e. The van der Waals surface area contributed by atoms with Gasteiger partial charge in [-0.3, -0.25) is 24.1 Å². The number of rotatable bonds is 11. The number of aliphatic hydroxyl groups excluding tert-OH is 1. The molecule has 0 fully saturated rings. The van der Waals surface area contributed by atoms with Gasteiger partial charge < -0.3 is 30.1 Å². The van der Waals surface area contributed by atoms with Crippen molar-refractivity contribution in [1.82, 2.24) is 20.4 Å². The number of hydrogen-bond donors (Lipinski definition) is 3. The van der Waals surface area contributed by atoms with Crippen molar-refractivity contribution in [1.29, 1.82) is 0 Å². The first kappa shape index (κ1) is 29.8. The summed E-state index contributed by atoms with van der Waals surface area (Å²) >= 11 is 11.9. The highest BCUT2D eigenvalue weighted by Gasteiger charge is 2.37. The van der Waals surface area contributed by atoms with Crippen molar-refractivity contribution < 1.29 is 33.8 Å². The molecule has 0 unspecified atom stereocenters. The predicted octanol–water partition coefficient (Wildman–Crippen LogP) is 2.33. The van der Waals surface area contributed by atoms with Gasteiger partial charge in [-0.1, -0.05) is 41.4 Å². The fourth-order valence-corrected chi connectivity index (χ4v) is 4.52. The molecule has 3 N–H and O–H groups in total. The lowest BCUT2D eigenvalue weighted by Crippen LogP contribution is -2.33. The van der Waals surface area contributed by atoms with Gasteiger partial charge in [-0.2, -0.15) is 0 Å². The van der Waals surface area contributed by atoms with E-state index in [9.17, 15) is 24.3 Å². The minimum absolute atomic E-state index is 0.0204. The second kappa shape index (κ2) is 13.0. The number of hydrogen-bond acceptors (Lipinski definition) is 7. The summed E-state index contributed by atoms with van der Waals surface area (Å²) in [7, 11) is 3.08. The van der Waals surface area contributed by atoms with Crippen molar-refractivity contribution in [3.8, 4) is 5.75 Å². The molecular formula is C28H28Cl2N4O7. The zero-order valence-corrected chi connectivity index (χ0v) is 23.8. The molecule has 11 nitrogen and oxygen atoms in total. The van der Waals surface area contributed by atoms with E-state index in [1.54, 1.807) is 49.6 Å². The van der Waals surface area contributed by atoms with E-state index >= 15 is 0 Å². The number of halogens is 2. The third-order valence-electron chi connectivity index (χ3n) is 6.54. The van der Waals surface area contributed by atoms with E-state index in [0.29, 0.717) is 22.2 Å². The highest BCUT2D eigenvalue weighted by molar-refractivity contribution is 6.42. The molecule has 2 aromatic rings. The number of carbonyl (C=O) groups excluding carboxylic acids is 4. The molecule has 0 aliphatic carbocycles. The van der Waals surface area contributed by atoms with Gasteiger partial charge in [-0.05, 0) is 41.8 Å². The van der Waals surface area contributed by atoms with Crippen LogP contribution < -0.4 is 15.4 Å². The van der Waals surface area contributed by atoms with Gasteiger partial charge in [-0.15, -0.1) is 0 Å². The molecule has 2 aliphatic rings. The minimum Gasteiger partial charge on any atom is -0.503 e. The molecule has 0 radical (unpaired) electrons. The van der Waals surface area contributed by atoms with E-state index in [2.05, 4.69) is 10.6 Å². The Kier molecular flexibility index (Phi) is 9.41. The fraction of sp³-hybridized carbons (Fsp3) is 0.286. The molecule has 4 amide bonds. The second-order valence-electron chi connectivity index (χ2n) is 9.36. The highest BCUT2D eigenvalue weighted by atomic mass is 35.5. The van der Waals surface area contributed by atoms with E-state index in [-0.39, 0.29) is 43.1 Å². The Labute approximate surface area is 246 Å². The Morgan fingerprint density at radius 2 is 1.61 bits per heavy atom. The summed E-state index contributed by atoms with van der Waals surface area (Å²) in [6.45, 7) is -0.232. The first-order valence-electron chi connectivity index (χ1n) is 12.5. The quantitative estimate of drug-likeness (QED) is 0.359. The van der Waals surface area contributed by atoms with Crippen molar-refractivity contribution in [2.24, 2.45) is 0 Å². The van der Waals surface area contributed by atoms with Crippen molar-refractivity contribution in [3.05, 3.63) is 86.3 Å². The van der Waals surface area contributed by atoms with Gasteiger partial charge in [0.15, 0.2) is 18.2 Å². The summed E-state index contributed by atoms with van der Waals surface area (Å²) < 4.78 is 10.7. The van der Waals surface area contributed by atoms with Crippen LogP contribution in [0.2, 0.25) is 10.0 Å². The highest BCUT2D eigenvalue weighted by Crippen LogP contribution is 2.24. The van der Waals surface area contributed by atoms with E-state index in [4.69, 9.17) is 32.7 Å². The second-order valence-corrected chi connectivity index (χ2v) is 10.2. The Morgan fingerprint density at radius 1 is 0.927 bits per heavy atom. The molecule has 0 saturated carbocycles. The zero-order valence-electron chi connectivity index (χ0n) is 22.3. The molecule has 2 aromatic carbocycles. The third kappa shape index (κ3) is 6.93.